The van der Waals surface area contributed by atoms with Crippen molar-refractivity contribution in [1.29, 1.82) is 0 Å². The first-order valence-corrected chi connectivity index (χ1v) is 6.62. The summed E-state index contributed by atoms with van der Waals surface area (Å²) in [5, 5.41) is 3.14. The molecule has 90 valence electrons. The summed E-state index contributed by atoms with van der Waals surface area (Å²) in [5.74, 6) is 1.36. The van der Waals surface area contributed by atoms with Crippen molar-refractivity contribution in [1.82, 2.24) is 5.32 Å². The highest BCUT2D eigenvalue weighted by atomic mass is 32.2. The molecular weight excluding hydrogens is 225 g/mol. The molecule has 1 unspecified atom stereocenters. The van der Waals surface area contributed by atoms with E-state index in [2.05, 4.69) is 11.6 Å². The van der Waals surface area contributed by atoms with E-state index in [0.717, 1.165) is 12.2 Å². The van der Waals surface area contributed by atoms with E-state index in [4.69, 9.17) is 4.74 Å². The second-order valence-electron chi connectivity index (χ2n) is 3.51. The van der Waals surface area contributed by atoms with Crippen LogP contribution in [0.4, 0.5) is 4.39 Å². The third kappa shape index (κ3) is 3.39. The van der Waals surface area contributed by atoms with Crippen molar-refractivity contribution >= 4 is 11.8 Å². The monoisotopic (exact) mass is 243 g/mol. The van der Waals surface area contributed by atoms with Gasteiger partial charge in [-0.3, -0.25) is 0 Å². The van der Waals surface area contributed by atoms with Gasteiger partial charge in [0, 0.05) is 17.7 Å². The van der Waals surface area contributed by atoms with Crippen molar-refractivity contribution in [2.24, 2.45) is 0 Å². The molecule has 0 saturated heterocycles. The van der Waals surface area contributed by atoms with Crippen LogP contribution in [0.5, 0.6) is 5.75 Å². The summed E-state index contributed by atoms with van der Waals surface area (Å²) in [6, 6.07) is 5.08. The van der Waals surface area contributed by atoms with E-state index in [1.54, 1.807) is 23.9 Å². The molecule has 4 heteroatoms. The quantitative estimate of drug-likeness (QED) is 0.830. The van der Waals surface area contributed by atoms with Crippen LogP contribution in [-0.4, -0.2) is 26.2 Å². The first-order chi connectivity index (χ1) is 7.72. The van der Waals surface area contributed by atoms with Gasteiger partial charge in [-0.05, 0) is 31.5 Å². The maximum absolute atomic E-state index is 13.8. The van der Waals surface area contributed by atoms with E-state index in [1.165, 1.54) is 13.2 Å². The largest absolute Gasteiger partial charge is 0.497 e. The van der Waals surface area contributed by atoms with Crippen molar-refractivity contribution in [3.63, 3.8) is 0 Å². The molecule has 0 bridgehead atoms. The smallest absolute Gasteiger partial charge is 0.131 e. The van der Waals surface area contributed by atoms with Crippen molar-refractivity contribution in [3.05, 3.63) is 29.6 Å². The van der Waals surface area contributed by atoms with E-state index in [0.29, 0.717) is 11.3 Å². The van der Waals surface area contributed by atoms with Gasteiger partial charge in [-0.15, -0.1) is 0 Å². The topological polar surface area (TPSA) is 21.3 Å². The molecule has 1 N–H and O–H groups in total. The number of hydrogen-bond donors (Lipinski definition) is 1. The molecule has 1 rings (SSSR count). The molecule has 1 aromatic rings. The second kappa shape index (κ2) is 6.76. The highest BCUT2D eigenvalue weighted by Gasteiger charge is 2.13. The standard InChI is InChI=1S/C12H18FNOS/c1-14-12(6-7-16-3)10-5-4-9(15-2)8-11(10)13/h4-5,8,12,14H,6-7H2,1-3H3. The molecule has 2 nitrogen and oxygen atoms in total. The molecule has 0 spiro atoms. The predicted octanol–water partition coefficient (Wildman–Crippen LogP) is 2.85. The Kier molecular flexibility index (Phi) is 5.63. The second-order valence-corrected chi connectivity index (χ2v) is 4.50. The highest BCUT2D eigenvalue weighted by Crippen LogP contribution is 2.24. The fraction of sp³-hybridized carbons (Fsp3) is 0.500. The molecule has 0 radical (unpaired) electrons. The fourth-order valence-electron chi connectivity index (χ4n) is 1.61. The summed E-state index contributed by atoms with van der Waals surface area (Å²) in [4.78, 5) is 0. The van der Waals surface area contributed by atoms with Crippen molar-refractivity contribution < 1.29 is 9.13 Å². The van der Waals surface area contributed by atoms with Crippen molar-refractivity contribution in [2.45, 2.75) is 12.5 Å². The highest BCUT2D eigenvalue weighted by molar-refractivity contribution is 7.98. The molecular formula is C12H18FNOS. The minimum Gasteiger partial charge on any atom is -0.497 e. The molecule has 0 aromatic heterocycles. The average molecular weight is 243 g/mol. The van der Waals surface area contributed by atoms with E-state index >= 15 is 0 Å². The minimum absolute atomic E-state index is 0.0679. The number of hydrogen-bond acceptors (Lipinski definition) is 3. The lowest BCUT2D eigenvalue weighted by Crippen LogP contribution is -2.18. The Labute approximate surface area is 101 Å². The Morgan fingerprint density at radius 1 is 1.50 bits per heavy atom. The van der Waals surface area contributed by atoms with Gasteiger partial charge < -0.3 is 10.1 Å². The van der Waals surface area contributed by atoms with Gasteiger partial charge >= 0.3 is 0 Å². The van der Waals surface area contributed by atoms with Gasteiger partial charge in [0.05, 0.1) is 7.11 Å². The molecule has 0 aliphatic heterocycles. The fourth-order valence-corrected chi connectivity index (χ4v) is 2.08. The predicted molar refractivity (Wildman–Crippen MR) is 67.8 cm³/mol. The lowest BCUT2D eigenvalue weighted by Gasteiger charge is -2.17. The summed E-state index contributed by atoms with van der Waals surface area (Å²) < 4.78 is 18.8. The van der Waals surface area contributed by atoms with Gasteiger partial charge in [0.15, 0.2) is 0 Å². The van der Waals surface area contributed by atoms with Crippen LogP contribution >= 0.6 is 11.8 Å². The van der Waals surface area contributed by atoms with E-state index in [9.17, 15) is 4.39 Å². The van der Waals surface area contributed by atoms with Gasteiger partial charge in [0.1, 0.15) is 11.6 Å². The lowest BCUT2D eigenvalue weighted by atomic mass is 10.0. The first kappa shape index (κ1) is 13.3. The van der Waals surface area contributed by atoms with Crippen LogP contribution in [0.3, 0.4) is 0 Å². The van der Waals surface area contributed by atoms with Gasteiger partial charge in [-0.25, -0.2) is 4.39 Å². The van der Waals surface area contributed by atoms with Gasteiger partial charge in [0.25, 0.3) is 0 Å². The molecule has 0 aliphatic carbocycles. The van der Waals surface area contributed by atoms with Gasteiger partial charge in [-0.2, -0.15) is 11.8 Å². The Morgan fingerprint density at radius 3 is 2.75 bits per heavy atom. The normalized spacial score (nSPS) is 12.5. The molecule has 0 amide bonds. The number of nitrogens with one attached hydrogen (secondary N) is 1. The van der Waals surface area contributed by atoms with Crippen LogP contribution in [-0.2, 0) is 0 Å². The molecule has 0 aliphatic rings. The lowest BCUT2D eigenvalue weighted by molar-refractivity contribution is 0.409. The zero-order valence-corrected chi connectivity index (χ0v) is 10.7. The van der Waals surface area contributed by atoms with Crippen LogP contribution < -0.4 is 10.1 Å². The zero-order valence-electron chi connectivity index (χ0n) is 9.92. The summed E-state index contributed by atoms with van der Waals surface area (Å²) in [6.07, 6.45) is 2.97. The van der Waals surface area contributed by atoms with Crippen molar-refractivity contribution in [2.75, 3.05) is 26.2 Å². The van der Waals surface area contributed by atoms with Crippen molar-refractivity contribution in [3.8, 4) is 5.75 Å². The van der Waals surface area contributed by atoms with Crippen LogP contribution in [0.1, 0.15) is 18.0 Å². The van der Waals surface area contributed by atoms with Gasteiger partial charge in [-0.1, -0.05) is 6.07 Å². The summed E-state index contributed by atoms with van der Waals surface area (Å²) >= 11 is 1.77. The molecule has 0 saturated carbocycles. The third-order valence-corrected chi connectivity index (χ3v) is 3.19. The Morgan fingerprint density at radius 2 is 2.25 bits per heavy atom. The van der Waals surface area contributed by atoms with E-state index < -0.39 is 0 Å². The number of thioether (sulfide) groups is 1. The van der Waals surface area contributed by atoms with E-state index in [-0.39, 0.29) is 11.9 Å². The summed E-state index contributed by atoms with van der Waals surface area (Å²) in [7, 11) is 3.40. The molecule has 1 aromatic carbocycles. The molecule has 1 atom stereocenters. The maximum atomic E-state index is 13.8. The van der Waals surface area contributed by atoms with Crippen LogP contribution in [0.15, 0.2) is 18.2 Å². The molecule has 16 heavy (non-hydrogen) atoms. The number of rotatable bonds is 6. The van der Waals surface area contributed by atoms with Crippen LogP contribution in [0.25, 0.3) is 0 Å². The Balaban J connectivity index is 2.83. The number of halogens is 1. The van der Waals surface area contributed by atoms with Crippen LogP contribution in [0, 0.1) is 5.82 Å². The first-order valence-electron chi connectivity index (χ1n) is 5.22. The summed E-state index contributed by atoms with van der Waals surface area (Å²) in [5.41, 5.74) is 0.706. The Hall–Kier alpha value is -0.740. The van der Waals surface area contributed by atoms with Gasteiger partial charge in [0.2, 0.25) is 0 Å². The third-order valence-electron chi connectivity index (χ3n) is 2.54. The Bertz CT molecular complexity index is 333. The van der Waals surface area contributed by atoms with E-state index in [1.807, 2.05) is 7.05 Å². The minimum atomic E-state index is -0.209. The molecule has 0 fully saturated rings. The summed E-state index contributed by atoms with van der Waals surface area (Å²) in [6.45, 7) is 0. The number of benzene rings is 1. The SMILES string of the molecule is CNC(CCSC)c1ccc(OC)cc1F. The number of ether oxygens (including phenoxy) is 1. The zero-order chi connectivity index (χ0) is 12.0. The number of methoxy groups -OCH3 is 1. The average Bonchev–Trinajstić information content (AvgIpc) is 2.31. The maximum Gasteiger partial charge on any atom is 0.131 e. The van der Waals surface area contributed by atoms with Crippen LogP contribution in [0.2, 0.25) is 0 Å². The molecule has 0 heterocycles.